The van der Waals surface area contributed by atoms with Crippen LogP contribution in [0.5, 0.6) is 5.75 Å². The number of nitrogens with zero attached hydrogens (tertiary/aromatic N) is 1. The van der Waals surface area contributed by atoms with Gasteiger partial charge in [-0.1, -0.05) is 26.0 Å². The molecular weight excluding hydrogens is 308 g/mol. The van der Waals surface area contributed by atoms with Gasteiger partial charge in [0.05, 0.1) is 6.54 Å². The molecule has 0 aliphatic heterocycles. The van der Waals surface area contributed by atoms with Gasteiger partial charge in [-0.3, -0.25) is 0 Å². The minimum atomic E-state index is 0.104. The molecule has 0 radical (unpaired) electrons. The van der Waals surface area contributed by atoms with Crippen LogP contribution >= 0.6 is 0 Å². The third-order valence-electron chi connectivity index (χ3n) is 4.47. The molecule has 0 fully saturated rings. The van der Waals surface area contributed by atoms with Crippen LogP contribution in [0.2, 0.25) is 0 Å². The Balaban J connectivity index is 1.84. The van der Waals surface area contributed by atoms with Crippen LogP contribution in [0.3, 0.4) is 0 Å². The minimum Gasteiger partial charge on any atom is -0.489 e. The number of anilines is 2. The zero-order valence-electron chi connectivity index (χ0n) is 16.3. The fourth-order valence-corrected chi connectivity index (χ4v) is 2.85. The fourth-order valence-electron chi connectivity index (χ4n) is 2.85. The molecular formula is C22H32N2O. The first-order valence-corrected chi connectivity index (χ1v) is 9.39. The molecule has 0 aliphatic rings. The molecule has 0 amide bonds. The highest BCUT2D eigenvalue weighted by Crippen LogP contribution is 2.20. The first-order chi connectivity index (χ1) is 12.0. The lowest BCUT2D eigenvalue weighted by molar-refractivity contribution is 0.234. The molecule has 0 saturated heterocycles. The highest BCUT2D eigenvalue weighted by Gasteiger charge is 2.06. The molecule has 25 heavy (non-hydrogen) atoms. The second kappa shape index (κ2) is 9.36. The maximum Gasteiger partial charge on any atom is 0.119 e. The molecule has 2 rings (SSSR count). The van der Waals surface area contributed by atoms with Gasteiger partial charge in [-0.15, -0.1) is 0 Å². The van der Waals surface area contributed by atoms with Crippen molar-refractivity contribution in [3.05, 3.63) is 54.1 Å². The number of hydrogen-bond donors (Lipinski definition) is 1. The molecule has 0 saturated carbocycles. The molecule has 1 atom stereocenters. The Bertz CT molecular complexity index is 615. The summed E-state index contributed by atoms with van der Waals surface area (Å²) in [5, 5.41) is 3.45. The average Bonchev–Trinajstić information content (AvgIpc) is 2.62. The van der Waals surface area contributed by atoms with E-state index in [9.17, 15) is 0 Å². The van der Waals surface area contributed by atoms with E-state index in [1.807, 2.05) is 0 Å². The Hall–Kier alpha value is -2.16. The minimum absolute atomic E-state index is 0.104. The van der Waals surface area contributed by atoms with Crippen LogP contribution < -0.4 is 15.0 Å². The van der Waals surface area contributed by atoms with Crippen LogP contribution in [-0.2, 0) is 0 Å². The number of ether oxygens (including phenoxy) is 1. The summed E-state index contributed by atoms with van der Waals surface area (Å²) in [7, 11) is 0. The van der Waals surface area contributed by atoms with E-state index in [2.05, 4.69) is 93.4 Å². The Labute approximate surface area is 153 Å². The van der Waals surface area contributed by atoms with Crippen LogP contribution in [-0.4, -0.2) is 25.7 Å². The molecule has 0 aliphatic carbocycles. The topological polar surface area (TPSA) is 24.5 Å². The van der Waals surface area contributed by atoms with Gasteiger partial charge in [0.15, 0.2) is 0 Å². The first-order valence-electron chi connectivity index (χ1n) is 9.39. The summed E-state index contributed by atoms with van der Waals surface area (Å²) in [6.07, 6.45) is 0.104. The zero-order valence-corrected chi connectivity index (χ0v) is 16.3. The summed E-state index contributed by atoms with van der Waals surface area (Å²) in [5.41, 5.74) is 3.73. The second-order valence-electron chi connectivity index (χ2n) is 6.75. The van der Waals surface area contributed by atoms with E-state index in [1.165, 1.54) is 11.3 Å². The van der Waals surface area contributed by atoms with Crippen molar-refractivity contribution in [2.45, 2.75) is 46.6 Å². The number of nitrogens with one attached hydrogen (secondary N) is 1. The van der Waals surface area contributed by atoms with Crippen molar-refractivity contribution in [2.24, 2.45) is 0 Å². The van der Waals surface area contributed by atoms with Gasteiger partial charge in [-0.2, -0.15) is 0 Å². The summed E-state index contributed by atoms with van der Waals surface area (Å²) in [6, 6.07) is 17.0. The van der Waals surface area contributed by atoms with E-state index in [1.54, 1.807) is 0 Å². The molecule has 0 spiro atoms. The highest BCUT2D eigenvalue weighted by atomic mass is 16.5. The normalized spacial score (nSPS) is 12.1. The van der Waals surface area contributed by atoms with E-state index in [0.29, 0.717) is 5.92 Å². The Kier molecular flexibility index (Phi) is 7.17. The molecule has 2 aromatic rings. The molecule has 1 N–H and O–H groups in total. The molecule has 0 aromatic heterocycles. The molecule has 3 heteroatoms. The van der Waals surface area contributed by atoms with Crippen molar-refractivity contribution in [3.8, 4) is 5.75 Å². The third-order valence-corrected chi connectivity index (χ3v) is 4.47. The average molecular weight is 341 g/mol. The SMILES string of the molecule is CCN(CC)c1ccc(NCC(C)Oc2ccc(C(C)C)cc2)cc1. The number of benzene rings is 2. The predicted molar refractivity (Wildman–Crippen MR) is 109 cm³/mol. The third kappa shape index (κ3) is 5.70. The van der Waals surface area contributed by atoms with E-state index >= 15 is 0 Å². The molecule has 3 nitrogen and oxygen atoms in total. The molecule has 1 unspecified atom stereocenters. The van der Waals surface area contributed by atoms with Gasteiger partial charge < -0.3 is 15.0 Å². The van der Waals surface area contributed by atoms with Gasteiger partial charge in [-0.05, 0) is 68.7 Å². The second-order valence-corrected chi connectivity index (χ2v) is 6.75. The van der Waals surface area contributed by atoms with Crippen molar-refractivity contribution in [1.82, 2.24) is 0 Å². The Morgan fingerprint density at radius 1 is 0.880 bits per heavy atom. The van der Waals surface area contributed by atoms with E-state index in [4.69, 9.17) is 4.74 Å². The van der Waals surface area contributed by atoms with Crippen LogP contribution in [0.15, 0.2) is 48.5 Å². The first kappa shape index (κ1) is 19.2. The number of rotatable bonds is 9. The van der Waals surface area contributed by atoms with E-state index in [-0.39, 0.29) is 6.10 Å². The van der Waals surface area contributed by atoms with E-state index in [0.717, 1.165) is 31.1 Å². The largest absolute Gasteiger partial charge is 0.489 e. The molecule has 2 aromatic carbocycles. The van der Waals surface area contributed by atoms with Gasteiger partial charge in [0.2, 0.25) is 0 Å². The van der Waals surface area contributed by atoms with Gasteiger partial charge >= 0.3 is 0 Å². The van der Waals surface area contributed by atoms with Crippen molar-refractivity contribution in [3.63, 3.8) is 0 Å². The quantitative estimate of drug-likeness (QED) is 0.649. The molecule has 0 heterocycles. The fraction of sp³-hybridized carbons (Fsp3) is 0.455. The standard InChI is InChI=1S/C22H32N2O/c1-6-24(7-2)21-12-10-20(11-13-21)23-16-18(5)25-22-14-8-19(9-15-22)17(3)4/h8-15,17-18,23H,6-7,16H2,1-5H3. The molecule has 0 bridgehead atoms. The van der Waals surface area contributed by atoms with Crippen molar-refractivity contribution in [1.29, 1.82) is 0 Å². The lowest BCUT2D eigenvalue weighted by atomic mass is 10.0. The monoisotopic (exact) mass is 340 g/mol. The lowest BCUT2D eigenvalue weighted by Crippen LogP contribution is -2.23. The van der Waals surface area contributed by atoms with Crippen molar-refractivity contribution in [2.75, 3.05) is 29.9 Å². The summed E-state index contributed by atoms with van der Waals surface area (Å²) in [4.78, 5) is 2.34. The van der Waals surface area contributed by atoms with Gasteiger partial charge in [-0.25, -0.2) is 0 Å². The number of hydrogen-bond acceptors (Lipinski definition) is 3. The van der Waals surface area contributed by atoms with Gasteiger partial charge in [0, 0.05) is 24.5 Å². The summed E-state index contributed by atoms with van der Waals surface area (Å²) in [5.74, 6) is 1.48. The zero-order chi connectivity index (χ0) is 18.2. The van der Waals surface area contributed by atoms with Gasteiger partial charge in [0.1, 0.15) is 11.9 Å². The van der Waals surface area contributed by atoms with Crippen LogP contribution in [0, 0.1) is 0 Å². The summed E-state index contributed by atoms with van der Waals surface area (Å²) >= 11 is 0. The maximum absolute atomic E-state index is 6.00. The highest BCUT2D eigenvalue weighted by molar-refractivity contribution is 5.55. The Morgan fingerprint density at radius 3 is 2.00 bits per heavy atom. The van der Waals surface area contributed by atoms with Crippen LogP contribution in [0.25, 0.3) is 0 Å². The summed E-state index contributed by atoms with van der Waals surface area (Å²) < 4.78 is 6.00. The van der Waals surface area contributed by atoms with Crippen LogP contribution in [0.4, 0.5) is 11.4 Å². The predicted octanol–water partition coefficient (Wildman–Crippen LogP) is 5.54. The molecule has 136 valence electrons. The maximum atomic E-state index is 6.00. The van der Waals surface area contributed by atoms with Crippen molar-refractivity contribution >= 4 is 11.4 Å². The van der Waals surface area contributed by atoms with E-state index < -0.39 is 0 Å². The van der Waals surface area contributed by atoms with Crippen molar-refractivity contribution < 1.29 is 4.74 Å². The van der Waals surface area contributed by atoms with Crippen LogP contribution in [0.1, 0.15) is 46.1 Å². The lowest BCUT2D eigenvalue weighted by Gasteiger charge is -2.21. The Morgan fingerprint density at radius 2 is 1.48 bits per heavy atom. The smallest absolute Gasteiger partial charge is 0.119 e. The summed E-state index contributed by atoms with van der Waals surface area (Å²) in [6.45, 7) is 13.7. The van der Waals surface area contributed by atoms with Gasteiger partial charge in [0.25, 0.3) is 0 Å².